The second kappa shape index (κ2) is 12.0. The third-order valence-electron chi connectivity index (χ3n) is 5.00. The van der Waals surface area contributed by atoms with Crippen LogP contribution in [0.1, 0.15) is 33.4 Å². The van der Waals surface area contributed by atoms with Crippen molar-refractivity contribution in [2.24, 2.45) is 0 Å². The van der Waals surface area contributed by atoms with Gasteiger partial charge in [-0.2, -0.15) is 26.3 Å². The summed E-state index contributed by atoms with van der Waals surface area (Å²) in [5.41, 5.74) is -1.51. The number of carbonyl (C=O) groups excluding carboxylic acids is 1. The largest absolute Gasteiger partial charge is 0.436 e. The summed E-state index contributed by atoms with van der Waals surface area (Å²) < 4.78 is 76.8. The maximum absolute atomic E-state index is 12.5. The number of nitrogens with zero attached hydrogens (tertiary/aromatic N) is 6. The van der Waals surface area contributed by atoms with Crippen LogP contribution >= 0.6 is 23.2 Å². The number of aliphatic hydroxyl groups is 1. The number of allylic oxidation sites excluding steroid dienone is 1. The Morgan fingerprint density at radius 1 is 0.850 bits per heavy atom. The van der Waals surface area contributed by atoms with E-state index in [4.69, 9.17) is 23.2 Å². The van der Waals surface area contributed by atoms with Gasteiger partial charge in [-0.05, 0) is 42.5 Å². The maximum atomic E-state index is 12.5. The van der Waals surface area contributed by atoms with Gasteiger partial charge in [0.2, 0.25) is 0 Å². The SMILES string of the molecule is C=CC(=O)c1cc(Cl)ccc1-n1cc(C(F)(F)F)nn1.C=CC(O)c1cc(Cl)ccc1-n1cc(C(F)(F)F)nn1. The highest BCUT2D eigenvalue weighted by Crippen LogP contribution is 2.30. The van der Waals surface area contributed by atoms with Crippen LogP contribution < -0.4 is 0 Å². The number of hydrogen-bond acceptors (Lipinski definition) is 6. The highest BCUT2D eigenvalue weighted by molar-refractivity contribution is 6.31. The molecule has 0 amide bonds. The van der Waals surface area contributed by atoms with Gasteiger partial charge in [0.15, 0.2) is 17.2 Å². The third kappa shape index (κ3) is 7.14. The molecule has 0 bridgehead atoms. The molecule has 4 aromatic rings. The quantitative estimate of drug-likeness (QED) is 0.117. The first-order chi connectivity index (χ1) is 18.6. The minimum atomic E-state index is -4.60. The fourth-order valence-corrected chi connectivity index (χ4v) is 3.49. The van der Waals surface area contributed by atoms with Crippen LogP contribution in [0.25, 0.3) is 11.4 Å². The molecule has 4 rings (SSSR count). The molecule has 8 nitrogen and oxygen atoms in total. The van der Waals surface area contributed by atoms with Gasteiger partial charge >= 0.3 is 12.4 Å². The summed E-state index contributed by atoms with van der Waals surface area (Å²) in [7, 11) is 0. The molecule has 0 aliphatic rings. The van der Waals surface area contributed by atoms with E-state index in [-0.39, 0.29) is 27.5 Å². The van der Waals surface area contributed by atoms with Gasteiger partial charge in [0, 0.05) is 21.2 Å². The Labute approximate surface area is 231 Å². The van der Waals surface area contributed by atoms with E-state index in [1.807, 2.05) is 0 Å². The molecular weight excluding hydrogens is 589 g/mol. The summed E-state index contributed by atoms with van der Waals surface area (Å²) >= 11 is 11.6. The standard InChI is InChI=1S/C12H9ClF3N3O.C12H7ClF3N3O/c2*1-2-10(20)8-5-7(13)3-4-9(8)19-6-11(17-18-19)12(14,15)16/h2-6,10,20H,1H2;2-6H,1H2. The van der Waals surface area contributed by atoms with Gasteiger partial charge in [0.05, 0.1) is 29.9 Å². The van der Waals surface area contributed by atoms with Crippen LogP contribution in [0.15, 0.2) is 74.1 Å². The van der Waals surface area contributed by atoms with Gasteiger partial charge < -0.3 is 5.11 Å². The average Bonchev–Trinajstić information content (AvgIpc) is 3.58. The second-order valence-corrected chi connectivity index (χ2v) is 8.58. The Balaban J connectivity index is 0.000000220. The lowest BCUT2D eigenvalue weighted by molar-refractivity contribution is -0.142. The van der Waals surface area contributed by atoms with Gasteiger partial charge in [-0.15, -0.1) is 16.8 Å². The van der Waals surface area contributed by atoms with E-state index < -0.39 is 35.6 Å². The smallest absolute Gasteiger partial charge is 0.384 e. The van der Waals surface area contributed by atoms with E-state index >= 15 is 0 Å². The molecule has 2 heterocycles. The first kappa shape index (κ1) is 30.5. The van der Waals surface area contributed by atoms with Crippen molar-refractivity contribution in [2.45, 2.75) is 18.5 Å². The highest BCUT2D eigenvalue weighted by atomic mass is 35.5. The monoisotopic (exact) mass is 604 g/mol. The molecule has 0 spiro atoms. The van der Waals surface area contributed by atoms with Crippen LogP contribution in [0, 0.1) is 0 Å². The van der Waals surface area contributed by atoms with Crippen LogP contribution in [0.5, 0.6) is 0 Å². The lowest BCUT2D eigenvalue weighted by Gasteiger charge is -2.12. The summed E-state index contributed by atoms with van der Waals surface area (Å²) in [5.74, 6) is -0.480. The van der Waals surface area contributed by atoms with Gasteiger partial charge in [-0.25, -0.2) is 9.36 Å². The van der Waals surface area contributed by atoms with Crippen molar-refractivity contribution >= 4 is 29.0 Å². The Morgan fingerprint density at radius 3 is 1.77 bits per heavy atom. The van der Waals surface area contributed by atoms with E-state index in [2.05, 4.69) is 33.8 Å². The number of benzene rings is 2. The molecular formula is C24H16Cl2F6N6O2. The van der Waals surface area contributed by atoms with Gasteiger partial charge in [0.1, 0.15) is 0 Å². The van der Waals surface area contributed by atoms with E-state index in [0.29, 0.717) is 11.2 Å². The lowest BCUT2D eigenvalue weighted by atomic mass is 10.1. The summed E-state index contributed by atoms with van der Waals surface area (Å²) in [6, 6.07) is 8.50. The predicted octanol–water partition coefficient (Wildman–Crippen LogP) is 6.47. The molecule has 0 aliphatic heterocycles. The van der Waals surface area contributed by atoms with Crippen molar-refractivity contribution in [3.8, 4) is 11.4 Å². The van der Waals surface area contributed by atoms with Crippen molar-refractivity contribution in [3.63, 3.8) is 0 Å². The highest BCUT2D eigenvalue weighted by Gasteiger charge is 2.35. The number of rotatable bonds is 6. The van der Waals surface area contributed by atoms with Crippen molar-refractivity contribution in [1.82, 2.24) is 30.0 Å². The Morgan fingerprint density at radius 2 is 1.32 bits per heavy atom. The molecule has 0 fully saturated rings. The van der Waals surface area contributed by atoms with E-state index in [0.717, 1.165) is 21.6 Å². The lowest BCUT2D eigenvalue weighted by Crippen LogP contribution is -2.06. The Kier molecular flexibility index (Phi) is 9.18. The molecule has 210 valence electrons. The molecule has 0 aliphatic carbocycles. The van der Waals surface area contributed by atoms with Crippen molar-refractivity contribution in [2.75, 3.05) is 0 Å². The number of aliphatic hydroxyl groups excluding tert-OH is 1. The molecule has 1 atom stereocenters. The van der Waals surface area contributed by atoms with Crippen LogP contribution in [0.4, 0.5) is 26.3 Å². The van der Waals surface area contributed by atoms with E-state index in [9.17, 15) is 36.2 Å². The third-order valence-corrected chi connectivity index (χ3v) is 5.47. The zero-order chi connectivity index (χ0) is 29.8. The van der Waals surface area contributed by atoms with E-state index in [1.165, 1.54) is 42.5 Å². The van der Waals surface area contributed by atoms with Gasteiger partial charge in [0.25, 0.3) is 0 Å². The fourth-order valence-electron chi connectivity index (χ4n) is 3.14. The molecule has 40 heavy (non-hydrogen) atoms. The van der Waals surface area contributed by atoms with Crippen LogP contribution in [0.2, 0.25) is 10.0 Å². The molecule has 2 aromatic heterocycles. The number of hydrogen-bond donors (Lipinski definition) is 1. The summed E-state index contributed by atoms with van der Waals surface area (Å²) in [6.45, 7) is 6.76. The molecule has 2 aromatic carbocycles. The average molecular weight is 605 g/mol. The number of aromatic nitrogens is 6. The first-order valence-electron chi connectivity index (χ1n) is 10.7. The van der Waals surface area contributed by atoms with Crippen molar-refractivity contribution in [3.05, 3.63) is 107 Å². The normalized spacial score (nSPS) is 12.3. The molecule has 1 N–H and O–H groups in total. The molecule has 1 unspecified atom stereocenters. The summed E-state index contributed by atoms with van der Waals surface area (Å²) in [4.78, 5) is 11.7. The minimum absolute atomic E-state index is 0.0890. The summed E-state index contributed by atoms with van der Waals surface area (Å²) in [5, 5.41) is 23.3. The topological polar surface area (TPSA) is 98.7 Å². The van der Waals surface area contributed by atoms with Crippen LogP contribution in [0.3, 0.4) is 0 Å². The molecule has 0 radical (unpaired) electrons. The number of alkyl halides is 6. The zero-order valence-electron chi connectivity index (χ0n) is 19.8. The molecule has 16 heteroatoms. The van der Waals surface area contributed by atoms with Crippen molar-refractivity contribution in [1.29, 1.82) is 0 Å². The van der Waals surface area contributed by atoms with Crippen LogP contribution in [-0.2, 0) is 12.4 Å². The van der Waals surface area contributed by atoms with E-state index in [1.54, 1.807) is 0 Å². The minimum Gasteiger partial charge on any atom is -0.384 e. The zero-order valence-corrected chi connectivity index (χ0v) is 21.3. The van der Waals surface area contributed by atoms with Gasteiger partial charge in [-0.1, -0.05) is 46.3 Å². The van der Waals surface area contributed by atoms with Gasteiger partial charge in [-0.3, -0.25) is 4.79 Å². The summed E-state index contributed by atoms with van der Waals surface area (Å²) in [6.07, 6.45) is -6.56. The first-order valence-corrected chi connectivity index (χ1v) is 11.5. The molecule has 0 saturated carbocycles. The second-order valence-electron chi connectivity index (χ2n) is 7.71. The van der Waals surface area contributed by atoms with Crippen LogP contribution in [-0.4, -0.2) is 40.9 Å². The number of ketones is 1. The predicted molar refractivity (Wildman–Crippen MR) is 132 cm³/mol. The number of carbonyl (C=O) groups is 1. The van der Waals surface area contributed by atoms with Crippen molar-refractivity contribution < 1.29 is 36.2 Å². The molecule has 0 saturated heterocycles. The fraction of sp³-hybridized carbons (Fsp3) is 0.125. The Hall–Kier alpha value is -4.01. The number of halogens is 8. The maximum Gasteiger partial charge on any atom is 0.436 e. The Bertz CT molecular complexity index is 1550.